The number of amides is 2. The number of nitrogens with zero attached hydrogens (tertiary/aromatic N) is 3. The van der Waals surface area contributed by atoms with E-state index in [9.17, 15) is 18.0 Å². The summed E-state index contributed by atoms with van der Waals surface area (Å²) in [7, 11) is -4.07. The van der Waals surface area contributed by atoms with Gasteiger partial charge < -0.3 is 19.7 Å². The predicted octanol–water partition coefficient (Wildman–Crippen LogP) is 5.20. The number of carbonyl (C=O) groups excluding carboxylic acids is 2. The lowest BCUT2D eigenvalue weighted by atomic mass is 10.1. The van der Waals surface area contributed by atoms with Crippen LogP contribution in [0.5, 0.6) is 11.5 Å². The van der Waals surface area contributed by atoms with E-state index in [2.05, 4.69) is 23.4 Å². The number of nitrogens with one attached hydrogen (secondary N) is 1. The van der Waals surface area contributed by atoms with Gasteiger partial charge in [0.1, 0.15) is 5.75 Å². The number of hydrogen-bond donors (Lipinski definition) is 2. The fourth-order valence-corrected chi connectivity index (χ4v) is 5.97. The first kappa shape index (κ1) is 33.7. The number of ether oxygens (including phenoxy) is 2. The van der Waals surface area contributed by atoms with Gasteiger partial charge in [0.2, 0.25) is 5.91 Å². The van der Waals surface area contributed by atoms with Gasteiger partial charge in [0.15, 0.2) is 5.75 Å². The maximum absolute atomic E-state index is 13.4. The molecule has 0 aliphatic carbocycles. The third kappa shape index (κ3) is 8.99. The molecule has 0 saturated carbocycles. The fourth-order valence-electron chi connectivity index (χ4n) is 5.46. The van der Waals surface area contributed by atoms with Crippen LogP contribution in [0.2, 0.25) is 0 Å². The normalized spacial score (nSPS) is 13.0. The monoisotopic (exact) mass is 660 g/mol. The second-order valence-corrected chi connectivity index (χ2v) is 13.1. The fraction of sp³-hybridized carbons (Fsp3) is 0.343. The van der Waals surface area contributed by atoms with Gasteiger partial charge in [0.05, 0.1) is 37.4 Å². The zero-order valence-electron chi connectivity index (χ0n) is 26.6. The minimum atomic E-state index is -4.07. The zero-order valence-corrected chi connectivity index (χ0v) is 27.5. The summed E-state index contributed by atoms with van der Waals surface area (Å²) in [6, 6.07) is 18.9. The van der Waals surface area contributed by atoms with Crippen LogP contribution in [0, 0.1) is 13.8 Å². The molecular weight excluding hydrogens is 620 g/mol. The number of anilines is 1. The van der Waals surface area contributed by atoms with Crippen molar-refractivity contribution in [3.8, 4) is 22.6 Å². The molecule has 4 aromatic rings. The van der Waals surface area contributed by atoms with Crippen LogP contribution in [0.1, 0.15) is 52.7 Å². The van der Waals surface area contributed by atoms with Crippen LogP contribution in [0.25, 0.3) is 11.1 Å². The predicted molar refractivity (Wildman–Crippen MR) is 180 cm³/mol. The Bertz CT molecular complexity index is 1840. The van der Waals surface area contributed by atoms with E-state index in [1.165, 1.54) is 5.56 Å². The molecule has 2 amide bonds. The molecule has 3 aromatic carbocycles. The lowest BCUT2D eigenvalue weighted by molar-refractivity contribution is -0.118. The summed E-state index contributed by atoms with van der Waals surface area (Å²) in [5, 5.41) is 7.22. The minimum Gasteiger partial charge on any atom is -0.493 e. The first-order valence-electron chi connectivity index (χ1n) is 15.7. The highest BCUT2D eigenvalue weighted by atomic mass is 32.2. The number of fused-ring (bicyclic) bond motifs is 1. The van der Waals surface area contributed by atoms with E-state index >= 15 is 0 Å². The maximum Gasteiger partial charge on any atom is 0.264 e. The van der Waals surface area contributed by atoms with Crippen molar-refractivity contribution in [2.24, 2.45) is 0 Å². The molecule has 2 N–H and O–H groups in total. The molecule has 11 nitrogen and oxygen atoms in total. The number of aromatic nitrogens is 2. The minimum absolute atomic E-state index is 0.0245. The van der Waals surface area contributed by atoms with E-state index < -0.39 is 15.9 Å². The van der Waals surface area contributed by atoms with Crippen LogP contribution in [-0.4, -0.2) is 66.6 Å². The van der Waals surface area contributed by atoms with Crippen molar-refractivity contribution in [3.05, 3.63) is 95.3 Å². The van der Waals surface area contributed by atoms with E-state index in [-0.39, 0.29) is 24.8 Å². The molecule has 0 bridgehead atoms. The van der Waals surface area contributed by atoms with Crippen LogP contribution in [-0.2, 0) is 21.5 Å². The Morgan fingerprint density at radius 1 is 1.06 bits per heavy atom. The highest BCUT2D eigenvalue weighted by Gasteiger charge is 2.25. The lowest BCUT2D eigenvalue weighted by Crippen LogP contribution is -2.31. The molecule has 0 saturated heterocycles. The summed E-state index contributed by atoms with van der Waals surface area (Å²) in [4.78, 5) is 27.8. The van der Waals surface area contributed by atoms with Crippen molar-refractivity contribution >= 4 is 27.6 Å². The van der Waals surface area contributed by atoms with E-state index in [4.69, 9.17) is 14.0 Å². The second kappa shape index (κ2) is 15.3. The molecule has 0 radical (unpaired) electrons. The standard InChI is InChI=1S/C35H40N4O7S/c1-25-9-3-14-32(26(25)2)45-18-6-15-33(40)39-17-8-19-46-34-30(12-5-13-31(34)39)29-22-37-38(24-29)23-27-10-4-11-28(21-27)35(41)36-16-7-20-47(42,43)44/h3-5,9-14,21-22,24H,6-8,15-20,23H2,1-2H3,(H,36,41)(H,42,43,44). The molecule has 0 fully saturated rings. The summed E-state index contributed by atoms with van der Waals surface area (Å²) in [5.41, 5.74) is 5.99. The smallest absolute Gasteiger partial charge is 0.264 e. The Morgan fingerprint density at radius 3 is 2.70 bits per heavy atom. The van der Waals surface area contributed by atoms with E-state index in [1.54, 1.807) is 29.1 Å². The highest BCUT2D eigenvalue weighted by Crippen LogP contribution is 2.40. The Labute approximate surface area is 275 Å². The summed E-state index contributed by atoms with van der Waals surface area (Å²) in [5.74, 6) is 0.776. The van der Waals surface area contributed by atoms with E-state index in [0.717, 1.165) is 33.7 Å². The van der Waals surface area contributed by atoms with Gasteiger partial charge in [-0.05, 0) is 74.1 Å². The van der Waals surface area contributed by atoms with E-state index in [1.807, 2.05) is 54.4 Å². The highest BCUT2D eigenvalue weighted by molar-refractivity contribution is 7.85. The zero-order chi connectivity index (χ0) is 33.4. The molecule has 0 spiro atoms. The molecule has 1 aliphatic heterocycles. The van der Waals surface area contributed by atoms with Crippen molar-refractivity contribution in [3.63, 3.8) is 0 Å². The third-order valence-electron chi connectivity index (χ3n) is 8.05. The van der Waals surface area contributed by atoms with Crippen molar-refractivity contribution in [1.82, 2.24) is 15.1 Å². The number of benzene rings is 3. The van der Waals surface area contributed by atoms with Gasteiger partial charge in [-0.2, -0.15) is 13.5 Å². The van der Waals surface area contributed by atoms with Crippen LogP contribution in [0.3, 0.4) is 0 Å². The molecule has 0 unspecified atom stereocenters. The Hall–Kier alpha value is -4.68. The van der Waals surface area contributed by atoms with E-state index in [0.29, 0.717) is 56.9 Å². The van der Waals surface area contributed by atoms with Gasteiger partial charge in [0, 0.05) is 42.4 Å². The number of para-hydroxylation sites is 1. The number of aryl methyl sites for hydroxylation is 1. The molecule has 1 aliphatic rings. The molecule has 1 aromatic heterocycles. The van der Waals surface area contributed by atoms with Gasteiger partial charge in [-0.3, -0.25) is 18.8 Å². The van der Waals surface area contributed by atoms with Crippen LogP contribution >= 0.6 is 0 Å². The first-order chi connectivity index (χ1) is 22.6. The van der Waals surface area contributed by atoms with Crippen LogP contribution < -0.4 is 19.7 Å². The van der Waals surface area contributed by atoms with Gasteiger partial charge >= 0.3 is 0 Å². The first-order valence-corrected chi connectivity index (χ1v) is 17.3. The average molecular weight is 661 g/mol. The Morgan fingerprint density at radius 2 is 1.87 bits per heavy atom. The lowest BCUT2D eigenvalue weighted by Gasteiger charge is -2.23. The van der Waals surface area contributed by atoms with Crippen molar-refractivity contribution in [2.45, 2.75) is 46.1 Å². The van der Waals surface area contributed by atoms with Gasteiger partial charge in [-0.25, -0.2) is 0 Å². The summed E-state index contributed by atoms with van der Waals surface area (Å²) in [6.45, 7) is 6.13. The Kier molecular flexibility index (Phi) is 10.9. The number of hydrogen-bond acceptors (Lipinski definition) is 7. The summed E-state index contributed by atoms with van der Waals surface area (Å²) >= 11 is 0. The Balaban J connectivity index is 1.23. The summed E-state index contributed by atoms with van der Waals surface area (Å²) < 4.78 is 44.6. The second-order valence-electron chi connectivity index (χ2n) is 11.6. The summed E-state index contributed by atoms with van der Waals surface area (Å²) in [6.07, 6.45) is 5.44. The largest absolute Gasteiger partial charge is 0.493 e. The van der Waals surface area contributed by atoms with Gasteiger partial charge in [-0.15, -0.1) is 0 Å². The molecule has 47 heavy (non-hydrogen) atoms. The van der Waals surface area contributed by atoms with Crippen LogP contribution in [0.4, 0.5) is 5.69 Å². The molecule has 2 heterocycles. The molecule has 0 atom stereocenters. The van der Waals surface area contributed by atoms with Gasteiger partial charge in [0.25, 0.3) is 16.0 Å². The number of rotatable bonds is 13. The van der Waals surface area contributed by atoms with Gasteiger partial charge in [-0.1, -0.05) is 36.4 Å². The molecule has 12 heteroatoms. The molecule has 248 valence electrons. The quantitative estimate of drug-likeness (QED) is 0.147. The van der Waals surface area contributed by atoms with Crippen LogP contribution in [0.15, 0.2) is 73.1 Å². The SMILES string of the molecule is Cc1cccc(OCCCC(=O)N2CCCOc3c(-c4cnn(Cc5cccc(C(=O)NCCCS(=O)(=O)O)c5)c4)cccc32)c1C. The van der Waals surface area contributed by atoms with Crippen molar-refractivity contribution < 1.29 is 32.0 Å². The maximum atomic E-state index is 13.4. The number of carbonyl (C=O) groups is 2. The topological polar surface area (TPSA) is 140 Å². The molecule has 5 rings (SSSR count). The van der Waals surface area contributed by atoms with Crippen molar-refractivity contribution in [2.75, 3.05) is 37.0 Å². The molecular formula is C35H40N4O7S. The van der Waals surface area contributed by atoms with Crippen molar-refractivity contribution in [1.29, 1.82) is 0 Å². The average Bonchev–Trinajstić information content (AvgIpc) is 3.39. The third-order valence-corrected chi connectivity index (χ3v) is 8.85.